The van der Waals surface area contributed by atoms with Gasteiger partial charge < -0.3 is 9.64 Å². The van der Waals surface area contributed by atoms with Crippen LogP contribution in [-0.2, 0) is 10.2 Å². The molecule has 3 rings (SSSR count). The van der Waals surface area contributed by atoms with Crippen LogP contribution in [0.15, 0.2) is 24.3 Å². The summed E-state index contributed by atoms with van der Waals surface area (Å²) in [6.45, 7) is 1.10. The average Bonchev–Trinajstić information content (AvgIpc) is 2.39. The number of benzene rings is 1. The molecule has 1 aliphatic heterocycles. The topological polar surface area (TPSA) is 53.3 Å². The number of hydrogen-bond acceptors (Lipinski definition) is 3. The van der Waals surface area contributed by atoms with E-state index in [1.807, 2.05) is 0 Å². The fourth-order valence-corrected chi connectivity index (χ4v) is 3.44. The summed E-state index contributed by atoms with van der Waals surface area (Å²) in [6, 6.07) is 7.82. The zero-order chi connectivity index (χ0) is 17.4. The van der Waals surface area contributed by atoms with Crippen LogP contribution in [0.3, 0.4) is 0 Å². The lowest BCUT2D eigenvalue weighted by Gasteiger charge is -2.48. The van der Waals surface area contributed by atoms with Crippen LogP contribution >= 0.6 is 0 Å². The summed E-state index contributed by atoms with van der Waals surface area (Å²) in [5.74, 6) is -0.145. The summed E-state index contributed by atoms with van der Waals surface area (Å²) in [4.78, 5) is 14.6. The minimum atomic E-state index is -4.75. The molecule has 24 heavy (non-hydrogen) atoms. The van der Waals surface area contributed by atoms with Gasteiger partial charge in [-0.25, -0.2) is 0 Å². The smallest absolute Gasteiger partial charge is 0.406 e. The minimum Gasteiger partial charge on any atom is -0.406 e. The van der Waals surface area contributed by atoms with Crippen molar-refractivity contribution < 1.29 is 22.7 Å². The second kappa shape index (κ2) is 6.00. The fourth-order valence-electron chi connectivity index (χ4n) is 3.44. The fraction of sp³-hybridized carbons (Fsp3) is 0.529. The number of alkyl halides is 3. The molecule has 4 nitrogen and oxygen atoms in total. The number of carbonyl (C=O) groups is 1. The molecule has 2 fully saturated rings. The molecular formula is C17H17F3N2O2. The normalized spacial score (nSPS) is 19.8. The quantitative estimate of drug-likeness (QED) is 0.846. The summed E-state index contributed by atoms with van der Waals surface area (Å²) >= 11 is 0. The molecular weight excluding hydrogens is 321 g/mol. The maximum Gasteiger partial charge on any atom is 0.573 e. The Kier molecular flexibility index (Phi) is 4.16. The molecule has 1 aromatic carbocycles. The second-order valence-electron chi connectivity index (χ2n) is 6.45. The first-order chi connectivity index (χ1) is 11.3. The summed E-state index contributed by atoms with van der Waals surface area (Å²) in [5.41, 5.74) is -0.174. The Morgan fingerprint density at radius 2 is 2.08 bits per heavy atom. The molecule has 1 aliphatic carbocycles. The standard InChI is InChI=1S/C17H17F3N2O2/c18-17(19,20)24-14-4-1-3-13(9-14)16(6-2-7-16)15(23)22-10-12(11-22)5-8-21/h1,3-4,9,12H,2,5-7,10-11H2. The van der Waals surface area contributed by atoms with Gasteiger partial charge in [-0.1, -0.05) is 18.6 Å². The van der Waals surface area contributed by atoms with Crippen molar-refractivity contribution in [3.8, 4) is 11.8 Å². The first-order valence-electron chi connectivity index (χ1n) is 7.87. The molecule has 0 spiro atoms. The number of hydrogen-bond donors (Lipinski definition) is 0. The SMILES string of the molecule is N#CCC1CN(C(=O)C2(c3cccc(OC(F)(F)F)c3)CCC2)C1. The van der Waals surface area contributed by atoms with Crippen molar-refractivity contribution in [2.24, 2.45) is 5.92 Å². The molecule has 1 amide bonds. The van der Waals surface area contributed by atoms with Gasteiger partial charge in [-0.2, -0.15) is 5.26 Å². The molecule has 0 N–H and O–H groups in total. The van der Waals surface area contributed by atoms with E-state index >= 15 is 0 Å². The maximum absolute atomic E-state index is 12.9. The van der Waals surface area contributed by atoms with Crippen LogP contribution in [0, 0.1) is 17.2 Å². The lowest BCUT2D eigenvalue weighted by molar-refractivity contribution is -0.274. The minimum absolute atomic E-state index is 0.0490. The summed E-state index contributed by atoms with van der Waals surface area (Å²) in [5, 5.41) is 8.69. The van der Waals surface area contributed by atoms with E-state index in [1.165, 1.54) is 18.2 Å². The van der Waals surface area contributed by atoms with Crippen LogP contribution in [0.2, 0.25) is 0 Å². The van der Waals surface area contributed by atoms with E-state index in [-0.39, 0.29) is 17.6 Å². The van der Waals surface area contributed by atoms with E-state index < -0.39 is 11.8 Å². The number of nitrogens with zero attached hydrogens (tertiary/aromatic N) is 2. The first kappa shape index (κ1) is 16.6. The molecule has 2 aliphatic rings. The van der Waals surface area contributed by atoms with Crippen LogP contribution in [-0.4, -0.2) is 30.3 Å². The Hall–Kier alpha value is -2.23. The van der Waals surface area contributed by atoms with Crippen molar-refractivity contribution in [1.82, 2.24) is 4.90 Å². The number of ether oxygens (including phenoxy) is 1. The van der Waals surface area contributed by atoms with Crippen molar-refractivity contribution in [2.75, 3.05) is 13.1 Å². The van der Waals surface area contributed by atoms with Crippen molar-refractivity contribution in [2.45, 2.75) is 37.5 Å². The average molecular weight is 338 g/mol. The Labute approximate surface area is 137 Å². The third kappa shape index (κ3) is 3.05. The van der Waals surface area contributed by atoms with E-state index in [9.17, 15) is 18.0 Å². The van der Waals surface area contributed by atoms with Gasteiger partial charge in [0.2, 0.25) is 5.91 Å². The highest BCUT2D eigenvalue weighted by Gasteiger charge is 2.50. The largest absolute Gasteiger partial charge is 0.573 e. The maximum atomic E-state index is 12.9. The van der Waals surface area contributed by atoms with Crippen molar-refractivity contribution in [1.29, 1.82) is 5.26 Å². The molecule has 1 heterocycles. The first-order valence-corrected chi connectivity index (χ1v) is 7.87. The van der Waals surface area contributed by atoms with Gasteiger partial charge in [-0.15, -0.1) is 13.2 Å². The number of halogens is 3. The van der Waals surface area contributed by atoms with Gasteiger partial charge in [0.1, 0.15) is 5.75 Å². The Morgan fingerprint density at radius 1 is 1.38 bits per heavy atom. The molecule has 1 aromatic rings. The number of rotatable bonds is 4. The molecule has 0 atom stereocenters. The highest BCUT2D eigenvalue weighted by atomic mass is 19.4. The number of amides is 1. The molecule has 1 saturated carbocycles. The van der Waals surface area contributed by atoms with Gasteiger partial charge in [-0.3, -0.25) is 4.79 Å². The predicted octanol–water partition coefficient (Wildman–Crippen LogP) is 3.38. The van der Waals surface area contributed by atoms with Gasteiger partial charge in [0.05, 0.1) is 11.5 Å². The number of carbonyl (C=O) groups excluding carboxylic acids is 1. The molecule has 0 aromatic heterocycles. The van der Waals surface area contributed by atoms with Crippen molar-refractivity contribution >= 4 is 5.91 Å². The van der Waals surface area contributed by atoms with Crippen LogP contribution < -0.4 is 4.74 Å². The highest BCUT2D eigenvalue weighted by Crippen LogP contribution is 2.47. The third-order valence-corrected chi connectivity index (χ3v) is 4.86. The van der Waals surface area contributed by atoms with Crippen LogP contribution in [0.1, 0.15) is 31.2 Å². The lowest BCUT2D eigenvalue weighted by atomic mass is 9.63. The van der Waals surface area contributed by atoms with E-state index in [4.69, 9.17) is 5.26 Å². The summed E-state index contributed by atoms with van der Waals surface area (Å²) < 4.78 is 41.2. The van der Waals surface area contributed by atoms with E-state index in [2.05, 4.69) is 10.8 Å². The molecule has 0 radical (unpaired) electrons. The van der Waals surface area contributed by atoms with Gasteiger partial charge in [-0.05, 0) is 30.5 Å². The molecule has 128 valence electrons. The summed E-state index contributed by atoms with van der Waals surface area (Å²) in [6.07, 6.45) is -2.21. The molecule has 0 bridgehead atoms. The zero-order valence-electron chi connectivity index (χ0n) is 13.0. The monoisotopic (exact) mass is 338 g/mol. The van der Waals surface area contributed by atoms with Gasteiger partial charge >= 0.3 is 6.36 Å². The van der Waals surface area contributed by atoms with Gasteiger partial charge in [0.15, 0.2) is 0 Å². The van der Waals surface area contributed by atoms with E-state index in [0.29, 0.717) is 37.9 Å². The van der Waals surface area contributed by atoms with Gasteiger partial charge in [0, 0.05) is 25.4 Å². The van der Waals surface area contributed by atoms with Crippen molar-refractivity contribution in [3.63, 3.8) is 0 Å². The van der Waals surface area contributed by atoms with E-state index in [0.717, 1.165) is 6.42 Å². The Morgan fingerprint density at radius 3 is 2.62 bits per heavy atom. The zero-order valence-corrected chi connectivity index (χ0v) is 13.0. The number of likely N-dealkylation sites (tertiary alicyclic amines) is 1. The van der Waals surface area contributed by atoms with Crippen LogP contribution in [0.25, 0.3) is 0 Å². The molecule has 0 unspecified atom stereocenters. The highest BCUT2D eigenvalue weighted by molar-refractivity contribution is 5.90. The Balaban J connectivity index is 1.77. The predicted molar refractivity (Wildman–Crippen MR) is 79.0 cm³/mol. The number of nitriles is 1. The molecule has 1 saturated heterocycles. The van der Waals surface area contributed by atoms with E-state index in [1.54, 1.807) is 11.0 Å². The third-order valence-electron chi connectivity index (χ3n) is 4.86. The van der Waals surface area contributed by atoms with Crippen LogP contribution in [0.5, 0.6) is 5.75 Å². The van der Waals surface area contributed by atoms with Crippen molar-refractivity contribution in [3.05, 3.63) is 29.8 Å². The van der Waals surface area contributed by atoms with Crippen LogP contribution in [0.4, 0.5) is 13.2 Å². The lowest BCUT2D eigenvalue weighted by Crippen LogP contribution is -2.58. The molecule has 7 heteroatoms. The summed E-state index contributed by atoms with van der Waals surface area (Å²) in [7, 11) is 0. The second-order valence-corrected chi connectivity index (χ2v) is 6.45. The Bertz CT molecular complexity index is 671. The van der Waals surface area contributed by atoms with Gasteiger partial charge in [0.25, 0.3) is 0 Å².